The Hall–Kier alpha value is -1.92. The number of carbonyl (C=O) groups excluding carboxylic acids is 2. The van der Waals surface area contributed by atoms with Crippen molar-refractivity contribution in [3.05, 3.63) is 29.8 Å². The van der Waals surface area contributed by atoms with Crippen LogP contribution in [-0.2, 0) is 9.59 Å². The smallest absolute Gasteiger partial charge is 0.240 e. The lowest BCUT2D eigenvalue weighted by molar-refractivity contribution is -0.158. The number of hydrogen-bond acceptors (Lipinski definition) is 4. The number of carbonyl (C=O) groups is 2. The zero-order chi connectivity index (χ0) is 16.8. The molecule has 23 heavy (non-hydrogen) atoms. The van der Waals surface area contributed by atoms with E-state index < -0.39 is 17.1 Å². The number of nitrogens with two attached hydrogens (primary N) is 1. The van der Waals surface area contributed by atoms with Crippen molar-refractivity contribution in [3.8, 4) is 0 Å². The molecule has 6 heteroatoms. The highest BCUT2D eigenvalue weighted by Crippen LogP contribution is 2.48. The predicted molar refractivity (Wildman–Crippen MR) is 86.8 cm³/mol. The Bertz CT molecular complexity index is 658. The molecule has 3 atom stereocenters. The summed E-state index contributed by atoms with van der Waals surface area (Å²) in [6.45, 7) is 3.95. The summed E-state index contributed by atoms with van der Waals surface area (Å²) in [4.78, 5) is 24.3. The van der Waals surface area contributed by atoms with E-state index in [9.17, 15) is 14.7 Å². The van der Waals surface area contributed by atoms with Crippen molar-refractivity contribution in [2.24, 2.45) is 11.1 Å². The first-order chi connectivity index (χ1) is 10.8. The number of fused-ring (bicyclic) bond motifs is 1. The van der Waals surface area contributed by atoms with E-state index in [2.05, 4.69) is 10.6 Å². The minimum Gasteiger partial charge on any atom is -0.392 e. The molecule has 1 aromatic rings. The molecule has 0 radical (unpaired) electrons. The van der Waals surface area contributed by atoms with Crippen molar-refractivity contribution < 1.29 is 14.7 Å². The van der Waals surface area contributed by atoms with E-state index in [1.807, 2.05) is 24.3 Å². The number of rotatable bonds is 3. The van der Waals surface area contributed by atoms with Gasteiger partial charge in [0.2, 0.25) is 11.8 Å². The summed E-state index contributed by atoms with van der Waals surface area (Å²) < 4.78 is 0. The summed E-state index contributed by atoms with van der Waals surface area (Å²) in [5, 5.41) is 15.5. The summed E-state index contributed by atoms with van der Waals surface area (Å²) in [7, 11) is 0. The molecule has 1 saturated carbocycles. The molecule has 0 bridgehead atoms. The van der Waals surface area contributed by atoms with Crippen LogP contribution in [0.25, 0.3) is 0 Å². The lowest BCUT2D eigenvalue weighted by Gasteiger charge is -2.55. The number of aliphatic hydroxyl groups excluding tert-OH is 1. The number of hydrogen-bond donors (Lipinski definition) is 4. The van der Waals surface area contributed by atoms with Gasteiger partial charge in [0.15, 0.2) is 0 Å². The van der Waals surface area contributed by atoms with Gasteiger partial charge < -0.3 is 21.5 Å². The molecule has 6 nitrogen and oxygen atoms in total. The van der Waals surface area contributed by atoms with Crippen LogP contribution in [0.4, 0.5) is 5.69 Å². The molecule has 1 aliphatic heterocycles. The number of aliphatic hydroxyl groups is 1. The van der Waals surface area contributed by atoms with Gasteiger partial charge in [-0.15, -0.1) is 0 Å². The van der Waals surface area contributed by atoms with Crippen LogP contribution in [0, 0.1) is 5.41 Å². The number of benzene rings is 1. The number of para-hydroxylation sites is 1. The minimum atomic E-state index is -1.07. The van der Waals surface area contributed by atoms with Crippen LogP contribution >= 0.6 is 0 Å². The highest BCUT2D eigenvalue weighted by molar-refractivity contribution is 5.95. The second-order valence-corrected chi connectivity index (χ2v) is 7.16. The summed E-state index contributed by atoms with van der Waals surface area (Å²) in [6.07, 6.45) is 0.0218. The fourth-order valence-corrected chi connectivity index (χ4v) is 3.43. The Morgan fingerprint density at radius 1 is 1.43 bits per heavy atom. The monoisotopic (exact) mass is 317 g/mol. The molecule has 1 aromatic carbocycles. The number of amides is 2. The summed E-state index contributed by atoms with van der Waals surface area (Å²) in [5.41, 5.74) is 6.30. The fourth-order valence-electron chi connectivity index (χ4n) is 3.43. The maximum absolute atomic E-state index is 12.5. The van der Waals surface area contributed by atoms with Crippen molar-refractivity contribution in [3.63, 3.8) is 0 Å². The average Bonchev–Trinajstić information content (AvgIpc) is 2.51. The van der Waals surface area contributed by atoms with Crippen molar-refractivity contribution >= 4 is 17.5 Å². The maximum atomic E-state index is 12.5. The molecule has 3 rings (SSSR count). The maximum Gasteiger partial charge on any atom is 0.240 e. The molecular weight excluding hydrogens is 294 g/mol. The van der Waals surface area contributed by atoms with E-state index in [0.29, 0.717) is 13.0 Å². The molecule has 0 aromatic heterocycles. The second kappa shape index (κ2) is 5.32. The Labute approximate surface area is 135 Å². The lowest BCUT2D eigenvalue weighted by atomic mass is 9.54. The molecule has 0 spiro atoms. The third-order valence-corrected chi connectivity index (χ3v) is 5.52. The highest BCUT2D eigenvalue weighted by Gasteiger charge is 2.61. The normalized spacial score (nSPS) is 31.6. The van der Waals surface area contributed by atoms with Crippen molar-refractivity contribution in [2.75, 3.05) is 11.9 Å². The standard InChI is InChI=1S/C17H23N3O3/c1-16(2)13(21)8-17(16,18)15(23)19-9-10-7-14(22)20-12-6-4-3-5-11(10)12/h3-6,10,13,21H,7-9,18H2,1-2H3,(H,19,23)(H,20,22)/t10?,13-,17-/m0/s1. The zero-order valence-electron chi connectivity index (χ0n) is 13.4. The summed E-state index contributed by atoms with van der Waals surface area (Å²) in [6, 6.07) is 7.60. The van der Waals surface area contributed by atoms with Gasteiger partial charge in [-0.1, -0.05) is 32.0 Å². The molecule has 1 unspecified atom stereocenters. The van der Waals surface area contributed by atoms with Crippen LogP contribution < -0.4 is 16.4 Å². The van der Waals surface area contributed by atoms with Crippen LogP contribution in [0.1, 0.15) is 38.2 Å². The van der Waals surface area contributed by atoms with E-state index >= 15 is 0 Å². The molecule has 124 valence electrons. The van der Waals surface area contributed by atoms with Gasteiger partial charge >= 0.3 is 0 Å². The van der Waals surface area contributed by atoms with Crippen LogP contribution in [-0.4, -0.2) is 35.1 Å². The molecule has 5 N–H and O–H groups in total. The van der Waals surface area contributed by atoms with E-state index in [4.69, 9.17) is 5.73 Å². The molecule has 1 fully saturated rings. The largest absolute Gasteiger partial charge is 0.392 e. The van der Waals surface area contributed by atoms with Gasteiger partial charge in [-0.3, -0.25) is 9.59 Å². The average molecular weight is 317 g/mol. The third-order valence-electron chi connectivity index (χ3n) is 5.52. The van der Waals surface area contributed by atoms with E-state index in [0.717, 1.165) is 11.3 Å². The van der Waals surface area contributed by atoms with Crippen LogP contribution in [0.3, 0.4) is 0 Å². The highest BCUT2D eigenvalue weighted by atomic mass is 16.3. The van der Waals surface area contributed by atoms with Crippen molar-refractivity contribution in [1.82, 2.24) is 5.32 Å². The molecule has 1 aliphatic carbocycles. The van der Waals surface area contributed by atoms with E-state index in [1.54, 1.807) is 13.8 Å². The quantitative estimate of drug-likeness (QED) is 0.659. The zero-order valence-corrected chi connectivity index (χ0v) is 13.4. The Kier molecular flexibility index (Phi) is 3.69. The Balaban J connectivity index is 1.70. The van der Waals surface area contributed by atoms with Gasteiger partial charge in [0, 0.05) is 36.4 Å². The SMILES string of the molecule is CC1(C)[C@@H](O)C[C@]1(N)C(=O)NCC1CC(=O)Nc2ccccc21. The van der Waals surface area contributed by atoms with Crippen LogP contribution in [0.5, 0.6) is 0 Å². The topological polar surface area (TPSA) is 104 Å². The van der Waals surface area contributed by atoms with Gasteiger partial charge in [0.25, 0.3) is 0 Å². The molecular formula is C17H23N3O3. The number of nitrogens with one attached hydrogen (secondary N) is 2. The van der Waals surface area contributed by atoms with Crippen molar-refractivity contribution in [1.29, 1.82) is 0 Å². The van der Waals surface area contributed by atoms with E-state index in [-0.39, 0.29) is 24.2 Å². The first-order valence-electron chi connectivity index (χ1n) is 7.90. The lowest BCUT2D eigenvalue weighted by Crippen LogP contribution is -2.75. The Morgan fingerprint density at radius 2 is 2.13 bits per heavy atom. The molecule has 0 saturated heterocycles. The van der Waals surface area contributed by atoms with Gasteiger partial charge in [0.05, 0.1) is 6.10 Å². The molecule has 1 heterocycles. The van der Waals surface area contributed by atoms with E-state index in [1.165, 1.54) is 0 Å². The second-order valence-electron chi connectivity index (χ2n) is 7.16. The fraction of sp³-hybridized carbons (Fsp3) is 0.529. The minimum absolute atomic E-state index is 0.0511. The first kappa shape index (κ1) is 16.0. The van der Waals surface area contributed by atoms with Gasteiger partial charge in [0.1, 0.15) is 5.54 Å². The van der Waals surface area contributed by atoms with Crippen LogP contribution in [0.15, 0.2) is 24.3 Å². The van der Waals surface area contributed by atoms with Crippen LogP contribution in [0.2, 0.25) is 0 Å². The molecule has 2 aliphatic rings. The third kappa shape index (κ3) is 2.42. The van der Waals surface area contributed by atoms with Crippen molar-refractivity contribution in [2.45, 2.75) is 44.2 Å². The first-order valence-corrected chi connectivity index (χ1v) is 7.90. The summed E-state index contributed by atoms with van der Waals surface area (Å²) in [5.74, 6) is -0.387. The van der Waals surface area contributed by atoms with Gasteiger partial charge in [-0.2, -0.15) is 0 Å². The van der Waals surface area contributed by atoms with Gasteiger partial charge in [-0.05, 0) is 11.6 Å². The number of anilines is 1. The molecule has 2 amide bonds. The van der Waals surface area contributed by atoms with Gasteiger partial charge in [-0.25, -0.2) is 0 Å². The summed E-state index contributed by atoms with van der Waals surface area (Å²) >= 11 is 0. The predicted octanol–water partition coefficient (Wildman–Crippen LogP) is 0.717. The Morgan fingerprint density at radius 3 is 2.78 bits per heavy atom.